The fraction of sp³-hybridized carbons (Fsp3) is 0.389. The van der Waals surface area contributed by atoms with Crippen LogP contribution in [0.1, 0.15) is 18.9 Å². The van der Waals surface area contributed by atoms with Crippen LogP contribution in [0.15, 0.2) is 35.6 Å². The Morgan fingerprint density at radius 1 is 1.42 bits per heavy atom. The van der Waals surface area contributed by atoms with Gasteiger partial charge in [-0.25, -0.2) is 4.99 Å². The summed E-state index contributed by atoms with van der Waals surface area (Å²) in [6.07, 6.45) is 5.51. The van der Waals surface area contributed by atoms with Crippen LogP contribution < -0.4 is 10.6 Å². The van der Waals surface area contributed by atoms with Crippen LogP contribution in [0.3, 0.4) is 0 Å². The number of nitrogens with one attached hydrogen (secondary N) is 2. The van der Waals surface area contributed by atoms with Crippen LogP contribution in [0, 0.1) is 5.92 Å². The third-order valence-corrected chi connectivity index (χ3v) is 4.68. The van der Waals surface area contributed by atoms with E-state index in [4.69, 9.17) is 0 Å². The van der Waals surface area contributed by atoms with Crippen LogP contribution >= 0.6 is 0 Å². The van der Waals surface area contributed by atoms with E-state index < -0.39 is 0 Å². The molecule has 0 spiro atoms. The molecule has 3 heterocycles. The molecular formula is C18H21N5O. The van der Waals surface area contributed by atoms with Crippen molar-refractivity contribution in [3.05, 3.63) is 36.2 Å². The highest BCUT2D eigenvalue weighted by atomic mass is 16.2. The first-order valence-corrected chi connectivity index (χ1v) is 8.48. The number of rotatable bonds is 3. The molecule has 1 saturated heterocycles. The number of aryl methyl sites for hydroxylation is 1. The highest BCUT2D eigenvalue weighted by Crippen LogP contribution is 2.31. The number of carbonyl (C=O) groups is 1. The zero-order chi connectivity index (χ0) is 16.5. The Hall–Kier alpha value is -2.47. The second-order valence-corrected chi connectivity index (χ2v) is 6.34. The molecule has 2 aliphatic heterocycles. The molecule has 0 unspecified atom stereocenters. The molecule has 124 valence electrons. The van der Waals surface area contributed by atoms with Gasteiger partial charge < -0.3 is 10.6 Å². The molecule has 1 fully saturated rings. The number of nitrogens with zero attached hydrogens (tertiary/aromatic N) is 3. The van der Waals surface area contributed by atoms with Crippen LogP contribution in [-0.4, -0.2) is 34.6 Å². The minimum Gasteiger partial charge on any atom is -0.316 e. The molecule has 6 nitrogen and oxygen atoms in total. The van der Waals surface area contributed by atoms with Gasteiger partial charge >= 0.3 is 0 Å². The molecule has 0 saturated carbocycles. The van der Waals surface area contributed by atoms with E-state index in [0.29, 0.717) is 6.42 Å². The number of amides is 1. The Morgan fingerprint density at radius 2 is 2.33 bits per heavy atom. The number of amidine groups is 1. The van der Waals surface area contributed by atoms with Crippen LogP contribution in [0.25, 0.3) is 11.1 Å². The standard InChI is InChI=1S/C18H21N5O/c1-2-23-11-15(10-20-23)12-3-4-16-14(7-12)8-17(21-16)22-18(24)13-5-6-19-9-13/h3-4,7,10-11,13,19H,2,5-6,8-9H2,1H3,(H,21,22,24)/t13-/m1/s1. The Balaban J connectivity index is 1.47. The molecule has 1 amide bonds. The van der Waals surface area contributed by atoms with Gasteiger partial charge in [0.25, 0.3) is 0 Å². The fourth-order valence-electron chi connectivity index (χ4n) is 3.26. The number of carbonyl (C=O) groups excluding carboxylic acids is 1. The zero-order valence-corrected chi connectivity index (χ0v) is 13.7. The van der Waals surface area contributed by atoms with Gasteiger partial charge in [-0.1, -0.05) is 6.07 Å². The van der Waals surface area contributed by atoms with Gasteiger partial charge in [0.2, 0.25) is 5.91 Å². The van der Waals surface area contributed by atoms with Gasteiger partial charge in [-0.2, -0.15) is 5.10 Å². The van der Waals surface area contributed by atoms with Gasteiger partial charge in [-0.3, -0.25) is 9.48 Å². The molecule has 6 heteroatoms. The predicted molar refractivity (Wildman–Crippen MR) is 93.3 cm³/mol. The fourth-order valence-corrected chi connectivity index (χ4v) is 3.26. The Kier molecular flexibility index (Phi) is 3.90. The van der Waals surface area contributed by atoms with Crippen molar-refractivity contribution in [1.29, 1.82) is 0 Å². The number of benzene rings is 1. The third kappa shape index (κ3) is 2.85. The smallest absolute Gasteiger partial charge is 0.229 e. The van der Waals surface area contributed by atoms with E-state index in [0.717, 1.165) is 54.3 Å². The lowest BCUT2D eigenvalue weighted by molar-refractivity contribution is -0.122. The minimum atomic E-state index is 0.0619. The first kappa shape index (κ1) is 15.1. The maximum atomic E-state index is 12.2. The quantitative estimate of drug-likeness (QED) is 0.906. The monoisotopic (exact) mass is 323 g/mol. The summed E-state index contributed by atoms with van der Waals surface area (Å²) >= 11 is 0. The van der Waals surface area contributed by atoms with Crippen molar-refractivity contribution in [3.63, 3.8) is 0 Å². The first-order valence-electron chi connectivity index (χ1n) is 8.48. The minimum absolute atomic E-state index is 0.0619. The predicted octanol–water partition coefficient (Wildman–Crippen LogP) is 1.88. The lowest BCUT2D eigenvalue weighted by Crippen LogP contribution is -2.36. The Labute approximate surface area is 141 Å². The third-order valence-electron chi connectivity index (χ3n) is 4.68. The second-order valence-electron chi connectivity index (χ2n) is 6.34. The molecule has 2 aliphatic rings. The van der Waals surface area contributed by atoms with Gasteiger partial charge in [-0.05, 0) is 43.1 Å². The van der Waals surface area contributed by atoms with E-state index in [1.165, 1.54) is 0 Å². The lowest BCUT2D eigenvalue weighted by Gasteiger charge is -2.09. The Morgan fingerprint density at radius 3 is 3.08 bits per heavy atom. The molecule has 4 rings (SSSR count). The highest BCUT2D eigenvalue weighted by Gasteiger charge is 2.25. The Bertz CT molecular complexity index is 801. The van der Waals surface area contributed by atoms with E-state index in [-0.39, 0.29) is 11.8 Å². The van der Waals surface area contributed by atoms with E-state index in [9.17, 15) is 4.79 Å². The van der Waals surface area contributed by atoms with Gasteiger partial charge in [0, 0.05) is 31.3 Å². The zero-order valence-electron chi connectivity index (χ0n) is 13.7. The normalized spacial score (nSPS) is 19.2. The molecule has 24 heavy (non-hydrogen) atoms. The number of hydrogen-bond acceptors (Lipinski definition) is 4. The summed E-state index contributed by atoms with van der Waals surface area (Å²) in [5.41, 5.74) is 4.34. The van der Waals surface area contributed by atoms with E-state index in [1.807, 2.05) is 23.1 Å². The van der Waals surface area contributed by atoms with Crippen molar-refractivity contribution in [2.24, 2.45) is 10.9 Å². The van der Waals surface area contributed by atoms with E-state index >= 15 is 0 Å². The van der Waals surface area contributed by atoms with Gasteiger partial charge in [0.05, 0.1) is 17.8 Å². The molecular weight excluding hydrogens is 302 g/mol. The number of aromatic nitrogens is 2. The lowest BCUT2D eigenvalue weighted by atomic mass is 10.0. The summed E-state index contributed by atoms with van der Waals surface area (Å²) in [6, 6.07) is 6.22. The van der Waals surface area contributed by atoms with Gasteiger partial charge in [0.1, 0.15) is 5.84 Å². The van der Waals surface area contributed by atoms with E-state index in [1.54, 1.807) is 0 Å². The molecule has 2 N–H and O–H groups in total. The van der Waals surface area contributed by atoms with Crippen LogP contribution in [0.4, 0.5) is 5.69 Å². The van der Waals surface area contributed by atoms with Crippen molar-refractivity contribution in [1.82, 2.24) is 20.4 Å². The summed E-state index contributed by atoms with van der Waals surface area (Å²) in [7, 11) is 0. The summed E-state index contributed by atoms with van der Waals surface area (Å²) in [5.74, 6) is 0.895. The number of aliphatic imine (C=N–C) groups is 1. The van der Waals surface area contributed by atoms with Gasteiger partial charge in [-0.15, -0.1) is 0 Å². The van der Waals surface area contributed by atoms with Crippen LogP contribution in [0.2, 0.25) is 0 Å². The topological polar surface area (TPSA) is 71.3 Å². The average Bonchev–Trinajstić information content (AvgIpc) is 3.33. The van der Waals surface area contributed by atoms with Crippen molar-refractivity contribution < 1.29 is 4.79 Å². The highest BCUT2D eigenvalue weighted by molar-refractivity contribution is 6.03. The molecule has 1 aromatic heterocycles. The molecule has 1 aromatic carbocycles. The molecule has 0 radical (unpaired) electrons. The molecule has 2 aromatic rings. The van der Waals surface area contributed by atoms with Crippen molar-refractivity contribution in [2.45, 2.75) is 26.3 Å². The number of hydrogen-bond donors (Lipinski definition) is 2. The molecule has 0 bridgehead atoms. The van der Waals surface area contributed by atoms with Crippen molar-refractivity contribution in [2.75, 3.05) is 13.1 Å². The van der Waals surface area contributed by atoms with Crippen molar-refractivity contribution >= 4 is 17.4 Å². The second kappa shape index (κ2) is 6.20. The van der Waals surface area contributed by atoms with E-state index in [2.05, 4.69) is 39.8 Å². The maximum absolute atomic E-state index is 12.2. The summed E-state index contributed by atoms with van der Waals surface area (Å²) in [6.45, 7) is 4.61. The first-order chi connectivity index (χ1) is 11.7. The summed E-state index contributed by atoms with van der Waals surface area (Å²) < 4.78 is 1.92. The van der Waals surface area contributed by atoms with Gasteiger partial charge in [0.15, 0.2) is 0 Å². The van der Waals surface area contributed by atoms with Crippen molar-refractivity contribution in [3.8, 4) is 11.1 Å². The number of fused-ring (bicyclic) bond motifs is 1. The summed E-state index contributed by atoms with van der Waals surface area (Å²) in [5, 5.41) is 10.5. The van der Waals surface area contributed by atoms with Crippen LogP contribution in [-0.2, 0) is 17.8 Å². The summed E-state index contributed by atoms with van der Waals surface area (Å²) in [4.78, 5) is 16.8. The molecule has 1 atom stereocenters. The van der Waals surface area contributed by atoms with Crippen LogP contribution in [0.5, 0.6) is 0 Å². The largest absolute Gasteiger partial charge is 0.316 e. The molecule has 0 aliphatic carbocycles. The average molecular weight is 323 g/mol. The maximum Gasteiger partial charge on any atom is 0.229 e. The SMILES string of the molecule is CCn1cc(-c2ccc3c(c2)CC(NC(=O)[C@@H]2CCNC2)=N3)cn1.